The molecule has 0 aromatic rings. The predicted molar refractivity (Wildman–Crippen MR) is 46.8 cm³/mol. The summed E-state index contributed by atoms with van der Waals surface area (Å²) in [5.74, 6) is 2.77. The van der Waals surface area contributed by atoms with Crippen molar-refractivity contribution in [2.45, 2.75) is 25.3 Å². The molecule has 0 radical (unpaired) electrons. The number of aliphatic hydroxyl groups is 1. The maximum Gasteiger partial charge on any atom is 0.0460 e. The molecule has 2 nitrogen and oxygen atoms in total. The summed E-state index contributed by atoms with van der Waals surface area (Å²) in [6.45, 7) is 3.15. The van der Waals surface area contributed by atoms with Crippen LogP contribution in [0.5, 0.6) is 0 Å². The summed E-state index contributed by atoms with van der Waals surface area (Å²) in [7, 11) is 0. The lowest BCUT2D eigenvalue weighted by Crippen LogP contribution is -2.45. The zero-order valence-electron chi connectivity index (χ0n) is 7.45. The standard InChI is InChI=1S/C10H17NO/c12-6-7-1-10(2-7)11-4-8-3-9(8)5-11/h7-10,12H,1-6H2. The Morgan fingerprint density at radius 2 is 1.75 bits per heavy atom. The molecular formula is C10H17NO. The van der Waals surface area contributed by atoms with Crippen LogP contribution in [0.3, 0.4) is 0 Å². The van der Waals surface area contributed by atoms with Gasteiger partial charge in [-0.15, -0.1) is 0 Å². The average molecular weight is 167 g/mol. The summed E-state index contributed by atoms with van der Waals surface area (Å²) in [4.78, 5) is 2.66. The van der Waals surface area contributed by atoms with E-state index in [1.807, 2.05) is 0 Å². The molecule has 0 amide bonds. The van der Waals surface area contributed by atoms with Gasteiger partial charge in [-0.25, -0.2) is 0 Å². The molecule has 68 valence electrons. The maximum atomic E-state index is 8.89. The molecule has 3 rings (SSSR count). The molecular weight excluding hydrogens is 150 g/mol. The van der Waals surface area contributed by atoms with Crippen LogP contribution in [0.2, 0.25) is 0 Å². The summed E-state index contributed by atoms with van der Waals surface area (Å²) in [6, 6.07) is 0.843. The van der Waals surface area contributed by atoms with Crippen molar-refractivity contribution in [3.05, 3.63) is 0 Å². The van der Waals surface area contributed by atoms with Crippen LogP contribution in [0.1, 0.15) is 19.3 Å². The molecule has 2 heteroatoms. The number of nitrogens with zero attached hydrogens (tertiary/aromatic N) is 1. The number of rotatable bonds is 2. The highest BCUT2D eigenvalue weighted by Gasteiger charge is 2.48. The molecule has 2 aliphatic carbocycles. The van der Waals surface area contributed by atoms with Gasteiger partial charge in [0.1, 0.15) is 0 Å². The van der Waals surface area contributed by atoms with Gasteiger partial charge in [0.15, 0.2) is 0 Å². The van der Waals surface area contributed by atoms with E-state index in [-0.39, 0.29) is 0 Å². The highest BCUT2D eigenvalue weighted by molar-refractivity contribution is 5.01. The monoisotopic (exact) mass is 167 g/mol. The van der Waals surface area contributed by atoms with Crippen LogP contribution >= 0.6 is 0 Å². The molecule has 1 N–H and O–H groups in total. The third-order valence-corrected chi connectivity index (χ3v) is 3.99. The van der Waals surface area contributed by atoms with Crippen LogP contribution in [-0.4, -0.2) is 35.7 Å². The van der Waals surface area contributed by atoms with Crippen molar-refractivity contribution in [3.63, 3.8) is 0 Å². The number of aliphatic hydroxyl groups excluding tert-OH is 1. The van der Waals surface area contributed by atoms with E-state index < -0.39 is 0 Å². The minimum atomic E-state index is 0.414. The molecule has 1 saturated heterocycles. The summed E-state index contributed by atoms with van der Waals surface area (Å²) in [5, 5.41) is 8.89. The van der Waals surface area contributed by atoms with Crippen LogP contribution in [0, 0.1) is 17.8 Å². The second-order valence-electron chi connectivity index (χ2n) is 4.88. The zero-order valence-corrected chi connectivity index (χ0v) is 7.45. The Hall–Kier alpha value is -0.0800. The van der Waals surface area contributed by atoms with Gasteiger partial charge in [0.05, 0.1) is 0 Å². The van der Waals surface area contributed by atoms with E-state index in [2.05, 4.69) is 4.90 Å². The van der Waals surface area contributed by atoms with Crippen molar-refractivity contribution in [2.75, 3.05) is 19.7 Å². The molecule has 0 aromatic carbocycles. The van der Waals surface area contributed by atoms with E-state index in [4.69, 9.17) is 5.11 Å². The molecule has 3 aliphatic rings. The van der Waals surface area contributed by atoms with Gasteiger partial charge in [-0.3, -0.25) is 4.90 Å². The summed E-state index contributed by atoms with van der Waals surface area (Å²) < 4.78 is 0. The first-order valence-corrected chi connectivity index (χ1v) is 5.21. The Balaban J connectivity index is 1.50. The molecule has 12 heavy (non-hydrogen) atoms. The predicted octanol–water partition coefficient (Wildman–Crippen LogP) is 0.709. The Labute approximate surface area is 73.6 Å². The van der Waals surface area contributed by atoms with Gasteiger partial charge >= 0.3 is 0 Å². The quantitative estimate of drug-likeness (QED) is 0.654. The lowest BCUT2D eigenvalue weighted by Gasteiger charge is -2.41. The van der Waals surface area contributed by atoms with E-state index in [0.717, 1.165) is 17.9 Å². The first-order valence-electron chi connectivity index (χ1n) is 5.21. The molecule has 2 atom stereocenters. The van der Waals surface area contributed by atoms with Crippen molar-refractivity contribution < 1.29 is 5.11 Å². The molecule has 0 bridgehead atoms. The SMILES string of the molecule is OCC1CC(N2CC3CC3C2)C1. The van der Waals surface area contributed by atoms with Crippen LogP contribution in [0.25, 0.3) is 0 Å². The lowest BCUT2D eigenvalue weighted by atomic mass is 9.80. The largest absolute Gasteiger partial charge is 0.396 e. The van der Waals surface area contributed by atoms with Gasteiger partial charge < -0.3 is 5.11 Å². The Bertz CT molecular complexity index is 178. The fourth-order valence-electron chi connectivity index (χ4n) is 2.88. The molecule has 1 aliphatic heterocycles. The van der Waals surface area contributed by atoms with Crippen molar-refractivity contribution >= 4 is 0 Å². The topological polar surface area (TPSA) is 23.5 Å². The van der Waals surface area contributed by atoms with Crippen molar-refractivity contribution in [1.82, 2.24) is 4.90 Å². The van der Waals surface area contributed by atoms with Crippen molar-refractivity contribution in [1.29, 1.82) is 0 Å². The Kier molecular flexibility index (Phi) is 1.50. The third-order valence-electron chi connectivity index (χ3n) is 3.99. The normalized spacial score (nSPS) is 51.8. The number of piperidine rings is 1. The minimum Gasteiger partial charge on any atom is -0.396 e. The molecule has 3 fully saturated rings. The average Bonchev–Trinajstić information content (AvgIpc) is 2.57. The fraction of sp³-hybridized carbons (Fsp3) is 1.00. The van der Waals surface area contributed by atoms with Gasteiger partial charge in [0.2, 0.25) is 0 Å². The van der Waals surface area contributed by atoms with E-state index >= 15 is 0 Å². The van der Waals surface area contributed by atoms with Crippen LogP contribution in [-0.2, 0) is 0 Å². The third kappa shape index (κ3) is 1.01. The van der Waals surface area contributed by atoms with Gasteiger partial charge in [-0.05, 0) is 37.0 Å². The van der Waals surface area contributed by atoms with E-state index in [9.17, 15) is 0 Å². The fourth-order valence-corrected chi connectivity index (χ4v) is 2.88. The summed E-state index contributed by atoms with van der Waals surface area (Å²) in [5.41, 5.74) is 0. The number of hydrogen-bond acceptors (Lipinski definition) is 2. The van der Waals surface area contributed by atoms with Gasteiger partial charge in [-0.2, -0.15) is 0 Å². The lowest BCUT2D eigenvalue weighted by molar-refractivity contribution is 0.0528. The van der Waals surface area contributed by atoms with Crippen molar-refractivity contribution in [2.24, 2.45) is 17.8 Å². The zero-order chi connectivity index (χ0) is 8.13. The molecule has 2 unspecified atom stereocenters. The van der Waals surface area contributed by atoms with Crippen molar-refractivity contribution in [3.8, 4) is 0 Å². The molecule has 2 saturated carbocycles. The number of hydrogen-bond donors (Lipinski definition) is 1. The van der Waals surface area contributed by atoms with Gasteiger partial charge in [0.25, 0.3) is 0 Å². The second-order valence-corrected chi connectivity index (χ2v) is 4.88. The summed E-state index contributed by atoms with van der Waals surface area (Å²) in [6.07, 6.45) is 4.03. The van der Waals surface area contributed by atoms with Crippen LogP contribution in [0.15, 0.2) is 0 Å². The second kappa shape index (κ2) is 2.46. The van der Waals surface area contributed by atoms with E-state index in [0.29, 0.717) is 12.5 Å². The molecule has 1 heterocycles. The van der Waals surface area contributed by atoms with E-state index in [1.54, 1.807) is 0 Å². The molecule has 0 aromatic heterocycles. The first kappa shape index (κ1) is 7.34. The van der Waals surface area contributed by atoms with Crippen LogP contribution < -0.4 is 0 Å². The number of likely N-dealkylation sites (tertiary alicyclic amines) is 1. The first-order chi connectivity index (χ1) is 5.86. The van der Waals surface area contributed by atoms with Gasteiger partial charge in [-0.1, -0.05) is 0 Å². The Morgan fingerprint density at radius 3 is 2.33 bits per heavy atom. The number of fused-ring (bicyclic) bond motifs is 1. The smallest absolute Gasteiger partial charge is 0.0460 e. The maximum absolute atomic E-state index is 8.89. The minimum absolute atomic E-state index is 0.414. The van der Waals surface area contributed by atoms with Gasteiger partial charge in [0, 0.05) is 25.7 Å². The van der Waals surface area contributed by atoms with E-state index in [1.165, 1.54) is 32.4 Å². The molecule has 0 spiro atoms. The highest BCUT2D eigenvalue weighted by Crippen LogP contribution is 2.47. The van der Waals surface area contributed by atoms with Crippen LogP contribution in [0.4, 0.5) is 0 Å². The summed E-state index contributed by atoms with van der Waals surface area (Å²) >= 11 is 0. The highest BCUT2D eigenvalue weighted by atomic mass is 16.3. The Morgan fingerprint density at radius 1 is 1.08 bits per heavy atom.